The molecule has 0 saturated carbocycles. The van der Waals surface area contributed by atoms with Crippen molar-refractivity contribution in [1.29, 1.82) is 0 Å². The summed E-state index contributed by atoms with van der Waals surface area (Å²) in [7, 11) is 3.17. The van der Waals surface area contributed by atoms with Crippen LogP contribution in [0, 0.1) is 0 Å². The lowest BCUT2D eigenvalue weighted by atomic mass is 10.1. The summed E-state index contributed by atoms with van der Waals surface area (Å²) in [5.74, 6) is -0.299. The lowest BCUT2D eigenvalue weighted by Crippen LogP contribution is -2.28. The lowest BCUT2D eigenvalue weighted by Gasteiger charge is -2.06. The molecule has 5 heteroatoms. The minimum absolute atomic E-state index is 0.0422. The Balaban J connectivity index is 2.34. The van der Waals surface area contributed by atoms with Crippen LogP contribution in [0.15, 0.2) is 24.3 Å². The highest BCUT2D eigenvalue weighted by molar-refractivity contribution is 5.89. The highest BCUT2D eigenvalue weighted by atomic mass is 16.5. The van der Waals surface area contributed by atoms with Crippen LogP contribution in [0.25, 0.3) is 0 Å². The Morgan fingerprint density at radius 1 is 1.16 bits per heavy atom. The topological polar surface area (TPSA) is 67.4 Å². The molecular formula is C14H20N2O3. The maximum absolute atomic E-state index is 11.4. The second kappa shape index (κ2) is 8.26. The van der Waals surface area contributed by atoms with E-state index in [4.69, 9.17) is 0 Å². The molecule has 0 fully saturated rings. The van der Waals surface area contributed by atoms with Gasteiger partial charge in [0.15, 0.2) is 0 Å². The van der Waals surface area contributed by atoms with Crippen LogP contribution in [0.1, 0.15) is 22.3 Å². The third-order valence-corrected chi connectivity index (χ3v) is 2.71. The molecule has 0 unspecified atom stereocenters. The molecule has 1 aromatic rings. The Labute approximate surface area is 113 Å². The molecule has 1 rings (SSSR count). The number of rotatable bonds is 7. The Kier molecular flexibility index (Phi) is 6.60. The molecule has 0 aliphatic rings. The molecule has 0 atom stereocenters. The third kappa shape index (κ3) is 5.52. The quantitative estimate of drug-likeness (QED) is 0.713. The van der Waals surface area contributed by atoms with Crippen molar-refractivity contribution >= 4 is 11.9 Å². The van der Waals surface area contributed by atoms with Gasteiger partial charge in [0.25, 0.3) is 0 Å². The molecule has 0 saturated heterocycles. The van der Waals surface area contributed by atoms with Gasteiger partial charge in [0, 0.05) is 19.5 Å². The van der Waals surface area contributed by atoms with Gasteiger partial charge in [-0.15, -0.1) is 0 Å². The Morgan fingerprint density at radius 3 is 2.42 bits per heavy atom. The molecule has 5 nitrogen and oxygen atoms in total. The Hall–Kier alpha value is -1.88. The number of carbonyl (C=O) groups is 2. The molecule has 0 radical (unpaired) electrons. The van der Waals surface area contributed by atoms with E-state index in [0.29, 0.717) is 25.1 Å². The highest BCUT2D eigenvalue weighted by Crippen LogP contribution is 2.06. The molecule has 0 aliphatic carbocycles. The predicted molar refractivity (Wildman–Crippen MR) is 73.0 cm³/mol. The first-order chi connectivity index (χ1) is 9.17. The maximum Gasteiger partial charge on any atom is 0.337 e. The average molecular weight is 264 g/mol. The highest BCUT2D eigenvalue weighted by Gasteiger charge is 2.04. The third-order valence-electron chi connectivity index (χ3n) is 2.71. The van der Waals surface area contributed by atoms with Crippen molar-refractivity contribution in [3.05, 3.63) is 35.4 Å². The van der Waals surface area contributed by atoms with Crippen molar-refractivity contribution in [2.45, 2.75) is 12.8 Å². The SMILES string of the molecule is CNCCC(=O)NCCc1ccc(C(=O)OC)cc1. The number of benzene rings is 1. The fraction of sp³-hybridized carbons (Fsp3) is 0.429. The first-order valence-electron chi connectivity index (χ1n) is 6.26. The van der Waals surface area contributed by atoms with E-state index in [1.54, 1.807) is 12.1 Å². The molecular weight excluding hydrogens is 244 g/mol. The maximum atomic E-state index is 11.4. The van der Waals surface area contributed by atoms with Crippen molar-refractivity contribution in [3.63, 3.8) is 0 Å². The van der Waals surface area contributed by atoms with Crippen molar-refractivity contribution in [2.24, 2.45) is 0 Å². The Bertz CT molecular complexity index is 415. The summed E-state index contributed by atoms with van der Waals surface area (Å²) in [5.41, 5.74) is 1.60. The second-order valence-electron chi connectivity index (χ2n) is 4.14. The van der Waals surface area contributed by atoms with Crippen molar-refractivity contribution < 1.29 is 14.3 Å². The summed E-state index contributed by atoms with van der Waals surface area (Å²) in [5, 5.41) is 5.77. The number of ether oxygens (including phenoxy) is 1. The van der Waals surface area contributed by atoms with E-state index < -0.39 is 0 Å². The largest absolute Gasteiger partial charge is 0.465 e. The molecule has 2 N–H and O–H groups in total. The second-order valence-corrected chi connectivity index (χ2v) is 4.14. The zero-order chi connectivity index (χ0) is 14.1. The monoisotopic (exact) mass is 264 g/mol. The van der Waals surface area contributed by atoms with Crippen LogP contribution < -0.4 is 10.6 Å². The summed E-state index contributed by atoms with van der Waals surface area (Å²) in [6, 6.07) is 7.19. The van der Waals surface area contributed by atoms with Crippen LogP contribution >= 0.6 is 0 Å². The van der Waals surface area contributed by atoms with E-state index in [9.17, 15) is 9.59 Å². The number of esters is 1. The van der Waals surface area contributed by atoms with Crippen LogP contribution in [0.4, 0.5) is 0 Å². The lowest BCUT2D eigenvalue weighted by molar-refractivity contribution is -0.120. The van der Waals surface area contributed by atoms with Gasteiger partial charge in [-0.05, 0) is 31.2 Å². The fourth-order valence-electron chi connectivity index (χ4n) is 1.60. The van der Waals surface area contributed by atoms with Crippen molar-refractivity contribution in [2.75, 3.05) is 27.2 Å². The molecule has 0 heterocycles. The minimum atomic E-state index is -0.341. The van der Waals surface area contributed by atoms with E-state index in [-0.39, 0.29) is 11.9 Å². The average Bonchev–Trinajstić information content (AvgIpc) is 2.45. The van der Waals surface area contributed by atoms with Gasteiger partial charge in [-0.1, -0.05) is 12.1 Å². The number of carbonyl (C=O) groups excluding carboxylic acids is 2. The summed E-state index contributed by atoms with van der Waals surface area (Å²) in [4.78, 5) is 22.6. The number of hydrogen-bond donors (Lipinski definition) is 2. The summed E-state index contributed by atoms with van der Waals surface area (Å²) in [6.45, 7) is 1.28. The zero-order valence-electron chi connectivity index (χ0n) is 11.4. The van der Waals surface area contributed by atoms with E-state index in [1.807, 2.05) is 19.2 Å². The normalized spacial score (nSPS) is 10.0. The first kappa shape index (κ1) is 15.2. The molecule has 0 bridgehead atoms. The van der Waals surface area contributed by atoms with Gasteiger partial charge in [-0.25, -0.2) is 4.79 Å². The van der Waals surface area contributed by atoms with E-state index in [0.717, 1.165) is 12.0 Å². The summed E-state index contributed by atoms with van der Waals surface area (Å²) in [6.07, 6.45) is 1.23. The number of methoxy groups -OCH3 is 1. The molecule has 0 spiro atoms. The van der Waals surface area contributed by atoms with Gasteiger partial charge < -0.3 is 15.4 Å². The molecule has 104 valence electrons. The molecule has 19 heavy (non-hydrogen) atoms. The molecule has 0 aliphatic heterocycles. The molecule has 0 aromatic heterocycles. The first-order valence-corrected chi connectivity index (χ1v) is 6.26. The summed E-state index contributed by atoms with van der Waals surface area (Å²) < 4.78 is 4.62. The smallest absolute Gasteiger partial charge is 0.337 e. The number of nitrogens with one attached hydrogen (secondary N) is 2. The zero-order valence-corrected chi connectivity index (χ0v) is 11.4. The fourth-order valence-corrected chi connectivity index (χ4v) is 1.60. The van der Waals surface area contributed by atoms with Crippen molar-refractivity contribution in [3.8, 4) is 0 Å². The molecule has 1 amide bonds. The van der Waals surface area contributed by atoms with E-state index >= 15 is 0 Å². The van der Waals surface area contributed by atoms with Crippen LogP contribution in [0.3, 0.4) is 0 Å². The predicted octanol–water partition coefficient (Wildman–Crippen LogP) is 0.741. The van der Waals surface area contributed by atoms with Gasteiger partial charge in [-0.2, -0.15) is 0 Å². The Morgan fingerprint density at radius 2 is 1.84 bits per heavy atom. The van der Waals surface area contributed by atoms with E-state index in [2.05, 4.69) is 15.4 Å². The van der Waals surface area contributed by atoms with Gasteiger partial charge in [0.05, 0.1) is 12.7 Å². The number of amides is 1. The van der Waals surface area contributed by atoms with Gasteiger partial charge in [-0.3, -0.25) is 4.79 Å². The van der Waals surface area contributed by atoms with Gasteiger partial charge in [0.1, 0.15) is 0 Å². The van der Waals surface area contributed by atoms with Crippen LogP contribution in [-0.2, 0) is 16.0 Å². The molecule has 1 aromatic carbocycles. The van der Waals surface area contributed by atoms with Gasteiger partial charge >= 0.3 is 5.97 Å². The van der Waals surface area contributed by atoms with Gasteiger partial charge in [0.2, 0.25) is 5.91 Å². The minimum Gasteiger partial charge on any atom is -0.465 e. The van der Waals surface area contributed by atoms with Crippen LogP contribution in [0.2, 0.25) is 0 Å². The van der Waals surface area contributed by atoms with Crippen molar-refractivity contribution in [1.82, 2.24) is 10.6 Å². The van der Waals surface area contributed by atoms with Crippen LogP contribution in [-0.4, -0.2) is 39.1 Å². The van der Waals surface area contributed by atoms with Crippen LogP contribution in [0.5, 0.6) is 0 Å². The van der Waals surface area contributed by atoms with E-state index in [1.165, 1.54) is 7.11 Å². The standard InChI is InChI=1S/C14H20N2O3/c1-15-9-8-13(17)16-10-7-11-3-5-12(6-4-11)14(18)19-2/h3-6,15H,7-10H2,1-2H3,(H,16,17). The summed E-state index contributed by atoms with van der Waals surface area (Å²) >= 11 is 0. The number of hydrogen-bond acceptors (Lipinski definition) is 4.